The van der Waals surface area contributed by atoms with Crippen LogP contribution < -0.4 is 15.8 Å². The van der Waals surface area contributed by atoms with E-state index in [0.717, 1.165) is 17.0 Å². The van der Waals surface area contributed by atoms with Crippen LogP contribution >= 0.6 is 11.6 Å². The molecule has 0 aliphatic carbocycles. The predicted molar refractivity (Wildman–Crippen MR) is 72.5 cm³/mol. The monoisotopic (exact) mass is 264 g/mol. The second-order valence-corrected chi connectivity index (χ2v) is 4.09. The van der Waals surface area contributed by atoms with E-state index in [2.05, 4.69) is 15.3 Å². The van der Waals surface area contributed by atoms with E-state index in [9.17, 15) is 0 Å². The minimum Gasteiger partial charge on any atom is -0.496 e. The zero-order chi connectivity index (χ0) is 13.1. The molecule has 0 aliphatic heterocycles. The maximum atomic E-state index is 5.76. The van der Waals surface area contributed by atoms with E-state index < -0.39 is 0 Å². The molecule has 2 aromatic rings. The summed E-state index contributed by atoms with van der Waals surface area (Å²) < 4.78 is 5.19. The summed E-state index contributed by atoms with van der Waals surface area (Å²) in [5.41, 5.74) is 8.07. The minimum absolute atomic E-state index is 0.150. The third-order valence-electron chi connectivity index (χ3n) is 2.45. The molecular formula is C12H13ClN4O. The molecule has 0 spiro atoms. The first-order valence-electron chi connectivity index (χ1n) is 5.30. The van der Waals surface area contributed by atoms with Crippen molar-refractivity contribution in [3.05, 3.63) is 35.2 Å². The molecule has 0 unspecified atom stereocenters. The molecule has 18 heavy (non-hydrogen) atoms. The van der Waals surface area contributed by atoms with Crippen LogP contribution in [0.4, 0.5) is 17.2 Å². The average molecular weight is 265 g/mol. The molecule has 0 fully saturated rings. The molecule has 5 nitrogen and oxygen atoms in total. The summed E-state index contributed by atoms with van der Waals surface area (Å²) in [7, 11) is 1.64. The van der Waals surface area contributed by atoms with Gasteiger partial charge in [0.1, 0.15) is 5.75 Å². The Kier molecular flexibility index (Phi) is 3.53. The molecule has 2 rings (SSSR count). The molecule has 1 aromatic heterocycles. The zero-order valence-corrected chi connectivity index (χ0v) is 10.8. The normalized spacial score (nSPS) is 10.2. The first kappa shape index (κ1) is 12.4. The van der Waals surface area contributed by atoms with E-state index in [1.54, 1.807) is 7.11 Å². The van der Waals surface area contributed by atoms with Gasteiger partial charge in [-0.15, -0.1) is 0 Å². The molecule has 0 bridgehead atoms. The number of methoxy groups -OCH3 is 1. The fourth-order valence-electron chi connectivity index (χ4n) is 1.56. The van der Waals surface area contributed by atoms with Crippen molar-refractivity contribution in [3.63, 3.8) is 0 Å². The van der Waals surface area contributed by atoms with Crippen molar-refractivity contribution in [1.82, 2.24) is 9.97 Å². The molecule has 6 heteroatoms. The van der Waals surface area contributed by atoms with Gasteiger partial charge in [0, 0.05) is 5.69 Å². The van der Waals surface area contributed by atoms with E-state index in [1.807, 2.05) is 25.1 Å². The summed E-state index contributed by atoms with van der Waals surface area (Å²) in [6, 6.07) is 5.69. The maximum absolute atomic E-state index is 5.76. The summed E-state index contributed by atoms with van der Waals surface area (Å²) >= 11 is 5.72. The summed E-state index contributed by atoms with van der Waals surface area (Å²) in [4.78, 5) is 7.82. The van der Waals surface area contributed by atoms with Crippen molar-refractivity contribution >= 4 is 28.8 Å². The van der Waals surface area contributed by atoms with Gasteiger partial charge in [-0.25, -0.2) is 4.98 Å². The Bertz CT molecular complexity index is 574. The number of hydrogen-bond acceptors (Lipinski definition) is 5. The summed E-state index contributed by atoms with van der Waals surface area (Å²) in [6.45, 7) is 1.96. The largest absolute Gasteiger partial charge is 0.496 e. The number of aryl methyl sites for hydroxylation is 1. The Morgan fingerprint density at radius 1 is 1.39 bits per heavy atom. The van der Waals surface area contributed by atoms with Crippen LogP contribution in [0, 0.1) is 6.92 Å². The molecule has 94 valence electrons. The van der Waals surface area contributed by atoms with Gasteiger partial charge >= 0.3 is 0 Å². The van der Waals surface area contributed by atoms with Gasteiger partial charge in [-0.3, -0.25) is 0 Å². The van der Waals surface area contributed by atoms with E-state index >= 15 is 0 Å². The van der Waals surface area contributed by atoms with Crippen molar-refractivity contribution in [2.75, 3.05) is 18.2 Å². The topological polar surface area (TPSA) is 73.1 Å². The van der Waals surface area contributed by atoms with Gasteiger partial charge < -0.3 is 15.8 Å². The first-order valence-corrected chi connectivity index (χ1v) is 5.67. The average Bonchev–Trinajstić information content (AvgIpc) is 2.34. The number of nitrogens with two attached hydrogens (primary N) is 1. The Morgan fingerprint density at radius 3 is 2.83 bits per heavy atom. The molecule has 0 atom stereocenters. The smallest absolute Gasteiger partial charge is 0.224 e. The lowest BCUT2D eigenvalue weighted by atomic mass is 10.2. The quantitative estimate of drug-likeness (QED) is 0.834. The summed E-state index contributed by atoms with van der Waals surface area (Å²) in [5, 5.41) is 3.24. The van der Waals surface area contributed by atoms with Crippen LogP contribution in [0.1, 0.15) is 5.56 Å². The molecule has 1 aromatic carbocycles. The highest BCUT2D eigenvalue weighted by Gasteiger charge is 2.05. The van der Waals surface area contributed by atoms with Crippen LogP contribution in [0.3, 0.4) is 0 Å². The number of benzene rings is 1. The van der Waals surface area contributed by atoms with E-state index in [1.165, 1.54) is 6.20 Å². The number of halogens is 1. The summed E-state index contributed by atoms with van der Waals surface area (Å²) in [5.74, 6) is 1.31. The standard InChI is InChI=1S/C12H13ClN4O/c1-7-5-8(3-4-10(7)18-2)16-11-9(14)6-15-12(13)17-11/h3-6H,14H2,1-2H3,(H,15,16,17). The molecule has 1 heterocycles. The Hall–Kier alpha value is -2.01. The Labute approximate surface area is 110 Å². The Morgan fingerprint density at radius 2 is 2.17 bits per heavy atom. The van der Waals surface area contributed by atoms with Gasteiger partial charge in [0.05, 0.1) is 19.0 Å². The van der Waals surface area contributed by atoms with E-state index in [0.29, 0.717) is 11.5 Å². The third-order valence-corrected chi connectivity index (χ3v) is 2.63. The van der Waals surface area contributed by atoms with Crippen LogP contribution in [0.15, 0.2) is 24.4 Å². The van der Waals surface area contributed by atoms with Crippen molar-refractivity contribution < 1.29 is 4.74 Å². The molecule has 3 N–H and O–H groups in total. The number of rotatable bonds is 3. The molecule has 0 amide bonds. The van der Waals surface area contributed by atoms with Gasteiger partial charge in [-0.1, -0.05) is 0 Å². The van der Waals surface area contributed by atoms with E-state index in [4.69, 9.17) is 22.1 Å². The first-order chi connectivity index (χ1) is 8.60. The summed E-state index contributed by atoms with van der Waals surface area (Å²) in [6.07, 6.45) is 1.47. The minimum atomic E-state index is 0.150. The van der Waals surface area contributed by atoms with Crippen molar-refractivity contribution in [2.24, 2.45) is 0 Å². The maximum Gasteiger partial charge on any atom is 0.224 e. The van der Waals surface area contributed by atoms with Crippen molar-refractivity contribution in [3.8, 4) is 5.75 Å². The van der Waals surface area contributed by atoms with Crippen molar-refractivity contribution in [2.45, 2.75) is 6.92 Å². The number of hydrogen-bond donors (Lipinski definition) is 2. The number of nitrogens with zero attached hydrogens (tertiary/aromatic N) is 2. The Balaban J connectivity index is 2.28. The molecule has 0 saturated heterocycles. The van der Waals surface area contributed by atoms with Crippen LogP contribution in [0.2, 0.25) is 5.28 Å². The predicted octanol–water partition coefficient (Wildman–Crippen LogP) is 2.77. The van der Waals surface area contributed by atoms with Crippen LogP contribution in [0.25, 0.3) is 0 Å². The fraction of sp³-hybridized carbons (Fsp3) is 0.167. The second-order valence-electron chi connectivity index (χ2n) is 3.75. The lowest BCUT2D eigenvalue weighted by molar-refractivity contribution is 0.412. The second kappa shape index (κ2) is 5.10. The van der Waals surface area contributed by atoms with Crippen molar-refractivity contribution in [1.29, 1.82) is 0 Å². The van der Waals surface area contributed by atoms with Gasteiger partial charge in [-0.05, 0) is 42.3 Å². The highest BCUT2D eigenvalue weighted by molar-refractivity contribution is 6.28. The lowest BCUT2D eigenvalue weighted by Gasteiger charge is -2.10. The molecule has 0 aliphatic rings. The van der Waals surface area contributed by atoms with E-state index in [-0.39, 0.29) is 5.28 Å². The third kappa shape index (κ3) is 2.62. The number of nitrogen functional groups attached to an aromatic ring is 1. The van der Waals surface area contributed by atoms with Gasteiger partial charge in [0.15, 0.2) is 5.82 Å². The number of ether oxygens (including phenoxy) is 1. The highest BCUT2D eigenvalue weighted by atomic mass is 35.5. The molecule has 0 saturated carbocycles. The lowest BCUT2D eigenvalue weighted by Crippen LogP contribution is -2.01. The zero-order valence-electron chi connectivity index (χ0n) is 10.1. The van der Waals surface area contributed by atoms with Gasteiger partial charge in [-0.2, -0.15) is 4.98 Å². The SMILES string of the molecule is COc1ccc(Nc2nc(Cl)ncc2N)cc1C. The van der Waals surface area contributed by atoms with Gasteiger partial charge in [0.2, 0.25) is 5.28 Å². The van der Waals surface area contributed by atoms with Crippen LogP contribution in [-0.4, -0.2) is 17.1 Å². The number of nitrogens with one attached hydrogen (secondary N) is 1. The van der Waals surface area contributed by atoms with Crippen LogP contribution in [0.5, 0.6) is 5.75 Å². The molecule has 0 radical (unpaired) electrons. The number of anilines is 3. The highest BCUT2D eigenvalue weighted by Crippen LogP contribution is 2.25. The fourth-order valence-corrected chi connectivity index (χ4v) is 1.70. The molecular weight excluding hydrogens is 252 g/mol. The van der Waals surface area contributed by atoms with Crippen LogP contribution in [-0.2, 0) is 0 Å². The number of aromatic nitrogens is 2. The van der Waals surface area contributed by atoms with Gasteiger partial charge in [0.25, 0.3) is 0 Å².